The number of hydrogen-bond donors (Lipinski definition) is 1. The van der Waals surface area contributed by atoms with E-state index in [0.29, 0.717) is 42.6 Å². The average Bonchev–Trinajstić information content (AvgIpc) is 3.69. The second-order valence-electron chi connectivity index (χ2n) is 9.35. The van der Waals surface area contributed by atoms with E-state index < -0.39 is 36.2 Å². The largest absolute Gasteiger partial charge is 0.490 e. The summed E-state index contributed by atoms with van der Waals surface area (Å²) in [6, 6.07) is 13.9. The molecule has 1 saturated carbocycles. The Balaban J connectivity index is 1.64. The van der Waals surface area contributed by atoms with Gasteiger partial charge in [0.25, 0.3) is 5.91 Å². The van der Waals surface area contributed by atoms with Gasteiger partial charge in [0.05, 0.1) is 12.1 Å². The average molecular weight is 517 g/mol. The highest BCUT2D eigenvalue weighted by molar-refractivity contribution is 6.09. The number of nitrogens with zero attached hydrogens (tertiary/aromatic N) is 2. The van der Waals surface area contributed by atoms with Crippen molar-refractivity contribution in [3.05, 3.63) is 59.7 Å². The second kappa shape index (κ2) is 10.4. The molecule has 1 unspecified atom stereocenters. The molecule has 1 atom stereocenters. The van der Waals surface area contributed by atoms with Crippen LogP contribution in [0.25, 0.3) is 11.1 Å². The van der Waals surface area contributed by atoms with Crippen LogP contribution in [0.1, 0.15) is 54.9 Å². The van der Waals surface area contributed by atoms with Gasteiger partial charge in [-0.25, -0.2) is 9.59 Å². The van der Waals surface area contributed by atoms with E-state index >= 15 is 0 Å². The third-order valence-electron chi connectivity index (χ3n) is 6.66. The van der Waals surface area contributed by atoms with E-state index in [1.54, 1.807) is 36.4 Å². The molecule has 4 rings (SSSR count). The number of carboxylic acids is 1. The van der Waals surface area contributed by atoms with Crippen LogP contribution in [0.3, 0.4) is 0 Å². The van der Waals surface area contributed by atoms with Crippen molar-refractivity contribution in [2.45, 2.75) is 57.3 Å². The topological polar surface area (TPSA) is 96.3 Å². The van der Waals surface area contributed by atoms with Crippen molar-refractivity contribution < 1.29 is 37.4 Å². The molecule has 196 valence electrons. The van der Waals surface area contributed by atoms with Crippen LogP contribution in [0.15, 0.2) is 53.5 Å². The lowest BCUT2D eigenvalue weighted by Crippen LogP contribution is -2.48. The van der Waals surface area contributed by atoms with E-state index in [9.17, 15) is 32.7 Å². The van der Waals surface area contributed by atoms with Crippen molar-refractivity contribution in [3.63, 3.8) is 0 Å². The summed E-state index contributed by atoms with van der Waals surface area (Å²) >= 11 is 0. The lowest BCUT2D eigenvalue weighted by atomic mass is 9.94. The van der Waals surface area contributed by atoms with E-state index in [-0.39, 0.29) is 18.0 Å². The van der Waals surface area contributed by atoms with Crippen LogP contribution >= 0.6 is 0 Å². The van der Waals surface area contributed by atoms with Crippen molar-refractivity contribution in [1.82, 2.24) is 4.90 Å². The van der Waals surface area contributed by atoms with Crippen LogP contribution in [-0.4, -0.2) is 52.0 Å². The number of aliphatic imine (C=N–C) groups is 1. The van der Waals surface area contributed by atoms with Crippen molar-refractivity contribution >= 4 is 23.7 Å². The molecule has 2 aliphatic rings. The van der Waals surface area contributed by atoms with E-state index in [0.717, 1.165) is 12.0 Å². The number of carbonyl (C=O) groups excluding carboxylic acids is 2. The molecule has 1 amide bonds. The number of amidine groups is 1. The third-order valence-corrected chi connectivity index (χ3v) is 6.66. The number of unbranched alkanes of at least 4 members (excludes halogenated alkanes) is 1. The minimum Gasteiger partial charge on any atom is -0.478 e. The van der Waals surface area contributed by atoms with Crippen molar-refractivity contribution in [3.8, 4) is 11.1 Å². The van der Waals surface area contributed by atoms with Crippen molar-refractivity contribution in [1.29, 1.82) is 0 Å². The lowest BCUT2D eigenvalue weighted by Gasteiger charge is -2.26. The Kier molecular flexibility index (Phi) is 7.38. The zero-order valence-corrected chi connectivity index (χ0v) is 20.3. The summed E-state index contributed by atoms with van der Waals surface area (Å²) in [6.07, 6.45) is -2.09. The van der Waals surface area contributed by atoms with Gasteiger partial charge >= 0.3 is 18.1 Å². The first-order chi connectivity index (χ1) is 17.6. The fourth-order valence-electron chi connectivity index (χ4n) is 4.59. The summed E-state index contributed by atoms with van der Waals surface area (Å²) in [6.45, 7) is 1.18. The van der Waals surface area contributed by atoms with Gasteiger partial charge in [-0.15, -0.1) is 0 Å². The van der Waals surface area contributed by atoms with E-state index in [2.05, 4.69) is 9.73 Å². The van der Waals surface area contributed by atoms with Crippen LogP contribution in [-0.2, 0) is 20.9 Å². The first kappa shape index (κ1) is 26.4. The Bertz CT molecular complexity index is 1220. The Morgan fingerprint density at radius 3 is 2.46 bits per heavy atom. The number of ether oxygens (including phenoxy) is 1. The zero-order valence-electron chi connectivity index (χ0n) is 20.3. The molecule has 0 saturated heterocycles. The predicted octanol–water partition coefficient (Wildman–Crippen LogP) is 5.24. The summed E-state index contributed by atoms with van der Waals surface area (Å²) in [4.78, 5) is 43.1. The van der Waals surface area contributed by atoms with Crippen LogP contribution in [0.2, 0.25) is 0 Å². The highest BCUT2D eigenvalue weighted by Gasteiger charge is 2.58. The van der Waals surface area contributed by atoms with Gasteiger partial charge in [0.15, 0.2) is 5.54 Å². The lowest BCUT2D eigenvalue weighted by molar-refractivity contribution is -0.201. The van der Waals surface area contributed by atoms with Crippen molar-refractivity contribution in [2.75, 3.05) is 6.61 Å². The molecule has 0 spiro atoms. The first-order valence-electron chi connectivity index (χ1n) is 12.1. The van der Waals surface area contributed by atoms with Crippen LogP contribution in [0.5, 0.6) is 0 Å². The molecular weight excluding hydrogens is 489 g/mol. The number of carbonyl (C=O) groups is 3. The van der Waals surface area contributed by atoms with Gasteiger partial charge in [-0.1, -0.05) is 55.8 Å². The van der Waals surface area contributed by atoms with Gasteiger partial charge in [0.2, 0.25) is 0 Å². The molecule has 0 aromatic heterocycles. The van der Waals surface area contributed by atoms with E-state index in [1.807, 2.05) is 13.0 Å². The molecule has 1 aliphatic heterocycles. The summed E-state index contributed by atoms with van der Waals surface area (Å²) in [5.74, 6) is -3.92. The van der Waals surface area contributed by atoms with Crippen LogP contribution in [0.4, 0.5) is 13.2 Å². The maximum absolute atomic E-state index is 13.7. The Morgan fingerprint density at radius 1 is 1.16 bits per heavy atom. The number of hydrogen-bond acceptors (Lipinski definition) is 5. The first-order valence-corrected chi connectivity index (χ1v) is 12.1. The Morgan fingerprint density at radius 2 is 1.86 bits per heavy atom. The summed E-state index contributed by atoms with van der Waals surface area (Å²) in [7, 11) is 0. The molecule has 0 radical (unpaired) electrons. The fraction of sp³-hybridized carbons (Fsp3) is 0.407. The summed E-state index contributed by atoms with van der Waals surface area (Å²) < 4.78 is 42.9. The molecule has 1 heterocycles. The number of amides is 1. The minimum atomic E-state index is -5.17. The number of esters is 1. The number of alkyl halides is 3. The summed E-state index contributed by atoms with van der Waals surface area (Å²) in [5.41, 5.74) is 0.260. The molecular formula is C27H27F3N2O5. The van der Waals surface area contributed by atoms with E-state index in [1.165, 1.54) is 11.0 Å². The number of carboxylic acid groups (broad SMARTS) is 1. The minimum absolute atomic E-state index is 0.00157. The molecule has 7 nitrogen and oxygen atoms in total. The Labute approximate surface area is 211 Å². The van der Waals surface area contributed by atoms with Gasteiger partial charge in [0, 0.05) is 6.42 Å². The number of aromatic carboxylic acids is 1. The molecule has 1 aliphatic carbocycles. The maximum Gasteiger partial charge on any atom is 0.490 e. The standard InChI is InChI=1S/C27H27F3N2O5/c1-2-3-9-22-31-26(19-11-12-19,16-37-25(36)27(28,29)30)24(35)32(22)15-17-10-13-20(21(14-17)23(33)34)18-7-5-4-6-8-18/h4-8,10,13-14,19H,2-3,9,11-12,15-16H2,1H3,(H,33,34). The smallest absolute Gasteiger partial charge is 0.478 e. The molecule has 1 fully saturated rings. The van der Waals surface area contributed by atoms with Gasteiger partial charge in [0.1, 0.15) is 12.4 Å². The number of halogens is 3. The normalized spacial score (nSPS) is 19.6. The van der Waals surface area contributed by atoms with E-state index in [4.69, 9.17) is 0 Å². The monoisotopic (exact) mass is 516 g/mol. The highest BCUT2D eigenvalue weighted by Crippen LogP contribution is 2.47. The fourth-order valence-corrected chi connectivity index (χ4v) is 4.59. The molecule has 1 N–H and O–H groups in total. The molecule has 2 aromatic rings. The molecule has 10 heteroatoms. The quantitative estimate of drug-likeness (QED) is 0.436. The second-order valence-corrected chi connectivity index (χ2v) is 9.35. The van der Waals surface area contributed by atoms with Crippen LogP contribution < -0.4 is 0 Å². The zero-order chi connectivity index (χ0) is 26.8. The van der Waals surface area contributed by atoms with Gasteiger partial charge in [-0.2, -0.15) is 13.2 Å². The summed E-state index contributed by atoms with van der Waals surface area (Å²) in [5, 5.41) is 9.84. The number of benzene rings is 2. The maximum atomic E-state index is 13.7. The molecule has 0 bridgehead atoms. The van der Waals surface area contributed by atoms with Crippen molar-refractivity contribution in [2.24, 2.45) is 10.9 Å². The highest BCUT2D eigenvalue weighted by atomic mass is 19.4. The van der Waals surface area contributed by atoms with Gasteiger partial charge in [-0.3, -0.25) is 14.7 Å². The van der Waals surface area contributed by atoms with Gasteiger partial charge in [-0.05, 0) is 47.9 Å². The predicted molar refractivity (Wildman–Crippen MR) is 129 cm³/mol. The SMILES string of the molecule is CCCCC1=NC(COC(=O)C(F)(F)F)(C2CC2)C(=O)N1Cc1ccc(-c2ccccc2)c(C(=O)O)c1. The number of rotatable bonds is 10. The Hall–Kier alpha value is -3.69. The third kappa shape index (κ3) is 5.52. The van der Waals surface area contributed by atoms with Gasteiger partial charge < -0.3 is 9.84 Å². The molecule has 2 aromatic carbocycles. The molecule has 37 heavy (non-hydrogen) atoms. The van der Waals surface area contributed by atoms with Crippen LogP contribution in [0, 0.1) is 5.92 Å².